The van der Waals surface area contributed by atoms with Crippen molar-refractivity contribution >= 4 is 30.3 Å². The van der Waals surface area contributed by atoms with Crippen LogP contribution >= 0.6 is 24.4 Å². The van der Waals surface area contributed by atoms with E-state index in [1.807, 2.05) is 30.5 Å². The third-order valence-corrected chi connectivity index (χ3v) is 4.98. The molecule has 1 aliphatic rings. The van der Waals surface area contributed by atoms with E-state index in [1.165, 1.54) is 0 Å². The molecule has 2 unspecified atom stereocenters. The Morgan fingerprint density at radius 1 is 1.60 bits per heavy atom. The van der Waals surface area contributed by atoms with E-state index in [4.69, 9.17) is 0 Å². The summed E-state index contributed by atoms with van der Waals surface area (Å²) >= 11 is 6.38. The van der Waals surface area contributed by atoms with Gasteiger partial charge >= 0.3 is 0 Å². The molecule has 0 aliphatic carbocycles. The summed E-state index contributed by atoms with van der Waals surface area (Å²) < 4.78 is 0. The maximum Gasteiger partial charge on any atom is 0.235 e. The minimum absolute atomic E-state index is 0.134. The lowest BCUT2D eigenvalue weighted by Gasteiger charge is -2.34. The van der Waals surface area contributed by atoms with Crippen molar-refractivity contribution in [2.24, 2.45) is 5.92 Å². The van der Waals surface area contributed by atoms with Crippen LogP contribution < -0.4 is 0 Å². The van der Waals surface area contributed by atoms with Crippen LogP contribution in [0.5, 0.6) is 0 Å². The average molecular weight is 247 g/mol. The van der Waals surface area contributed by atoms with Crippen LogP contribution in [0.2, 0.25) is 0 Å². The Balaban J connectivity index is 2.52. The summed E-state index contributed by atoms with van der Waals surface area (Å²) in [6, 6.07) is 0. The predicted molar refractivity (Wildman–Crippen MR) is 70.7 cm³/mol. The first-order valence-corrected chi connectivity index (χ1v) is 7.21. The summed E-state index contributed by atoms with van der Waals surface area (Å²) in [5.41, 5.74) is 0. The number of carbonyl (C=O) groups is 1. The van der Waals surface area contributed by atoms with Crippen LogP contribution in [-0.4, -0.2) is 40.1 Å². The summed E-state index contributed by atoms with van der Waals surface area (Å²) in [5, 5.41) is 0.487. The van der Waals surface area contributed by atoms with Gasteiger partial charge in [0.15, 0.2) is 0 Å². The molecule has 1 rings (SSSR count). The SMILES string of the molecule is CCC1CN(C(=O)C(S)C(C)C)CCS1. The molecule has 2 nitrogen and oxygen atoms in total. The lowest BCUT2D eigenvalue weighted by Crippen LogP contribution is -2.46. The molecule has 1 fully saturated rings. The van der Waals surface area contributed by atoms with Crippen LogP contribution in [0, 0.1) is 5.92 Å². The van der Waals surface area contributed by atoms with Gasteiger partial charge < -0.3 is 4.90 Å². The zero-order valence-corrected chi connectivity index (χ0v) is 11.5. The highest BCUT2D eigenvalue weighted by Crippen LogP contribution is 2.23. The second-order valence-electron chi connectivity index (χ2n) is 4.37. The molecule has 0 radical (unpaired) electrons. The molecule has 1 aliphatic heterocycles. The van der Waals surface area contributed by atoms with Crippen molar-refractivity contribution in [3.63, 3.8) is 0 Å². The number of rotatable bonds is 3. The van der Waals surface area contributed by atoms with Crippen molar-refractivity contribution in [1.82, 2.24) is 4.90 Å². The van der Waals surface area contributed by atoms with E-state index in [0.717, 1.165) is 25.3 Å². The third-order valence-electron chi connectivity index (χ3n) is 2.79. The van der Waals surface area contributed by atoms with Crippen molar-refractivity contribution in [1.29, 1.82) is 0 Å². The monoisotopic (exact) mass is 247 g/mol. The van der Waals surface area contributed by atoms with Gasteiger partial charge in [-0.1, -0.05) is 20.8 Å². The molecule has 2 atom stereocenters. The van der Waals surface area contributed by atoms with E-state index in [1.54, 1.807) is 0 Å². The Bertz CT molecular complexity index is 221. The van der Waals surface area contributed by atoms with Crippen LogP contribution in [-0.2, 0) is 4.79 Å². The fourth-order valence-electron chi connectivity index (χ4n) is 1.64. The van der Waals surface area contributed by atoms with Crippen LogP contribution in [0.25, 0.3) is 0 Å². The van der Waals surface area contributed by atoms with Gasteiger partial charge in [-0.15, -0.1) is 0 Å². The van der Waals surface area contributed by atoms with Gasteiger partial charge in [-0.2, -0.15) is 24.4 Å². The van der Waals surface area contributed by atoms with Gasteiger partial charge in [0.05, 0.1) is 5.25 Å². The van der Waals surface area contributed by atoms with Crippen molar-refractivity contribution in [3.8, 4) is 0 Å². The molecule has 0 aromatic heterocycles. The zero-order valence-electron chi connectivity index (χ0n) is 9.77. The molecule has 0 bridgehead atoms. The fourth-order valence-corrected chi connectivity index (χ4v) is 2.98. The standard InChI is InChI=1S/C11H21NOS2/c1-4-9-7-12(5-6-15-9)11(13)10(14)8(2)3/h8-10,14H,4-7H2,1-3H3. The Hall–Kier alpha value is 0.170. The lowest BCUT2D eigenvalue weighted by atomic mass is 10.1. The number of nitrogens with zero attached hydrogens (tertiary/aromatic N) is 1. The quantitative estimate of drug-likeness (QED) is 0.772. The first-order valence-electron chi connectivity index (χ1n) is 5.64. The molecular weight excluding hydrogens is 226 g/mol. The molecule has 15 heavy (non-hydrogen) atoms. The van der Waals surface area contributed by atoms with Crippen molar-refractivity contribution in [2.75, 3.05) is 18.8 Å². The number of amides is 1. The van der Waals surface area contributed by atoms with Crippen LogP contribution in [0.15, 0.2) is 0 Å². The van der Waals surface area contributed by atoms with Crippen LogP contribution in [0.4, 0.5) is 0 Å². The fraction of sp³-hybridized carbons (Fsp3) is 0.909. The maximum absolute atomic E-state index is 12.0. The Morgan fingerprint density at radius 2 is 2.27 bits per heavy atom. The minimum Gasteiger partial charge on any atom is -0.340 e. The van der Waals surface area contributed by atoms with Gasteiger partial charge in [0.2, 0.25) is 5.91 Å². The Morgan fingerprint density at radius 3 is 2.80 bits per heavy atom. The highest BCUT2D eigenvalue weighted by Gasteiger charge is 2.28. The van der Waals surface area contributed by atoms with E-state index in [2.05, 4.69) is 19.6 Å². The van der Waals surface area contributed by atoms with E-state index in [-0.39, 0.29) is 11.2 Å². The summed E-state index contributed by atoms with van der Waals surface area (Å²) in [7, 11) is 0. The third kappa shape index (κ3) is 3.59. The molecule has 0 spiro atoms. The molecule has 88 valence electrons. The normalized spacial score (nSPS) is 24.3. The second-order valence-corrected chi connectivity index (χ2v) is 6.34. The van der Waals surface area contributed by atoms with E-state index >= 15 is 0 Å². The number of hydrogen-bond acceptors (Lipinski definition) is 3. The predicted octanol–water partition coefficient (Wildman–Crippen LogP) is 2.29. The molecule has 4 heteroatoms. The molecule has 0 N–H and O–H groups in total. The van der Waals surface area contributed by atoms with Crippen LogP contribution in [0.1, 0.15) is 27.2 Å². The molecule has 0 aromatic carbocycles. The van der Waals surface area contributed by atoms with Crippen LogP contribution in [0.3, 0.4) is 0 Å². The van der Waals surface area contributed by atoms with E-state index in [9.17, 15) is 4.79 Å². The lowest BCUT2D eigenvalue weighted by molar-refractivity contribution is -0.131. The zero-order chi connectivity index (χ0) is 11.4. The Labute approximate surface area is 103 Å². The van der Waals surface area contributed by atoms with Gasteiger partial charge in [0.25, 0.3) is 0 Å². The average Bonchev–Trinajstić information content (AvgIpc) is 2.27. The highest BCUT2D eigenvalue weighted by molar-refractivity contribution is 8.00. The number of thiol groups is 1. The molecule has 0 aromatic rings. The van der Waals surface area contributed by atoms with E-state index in [0.29, 0.717) is 11.2 Å². The molecule has 1 heterocycles. The van der Waals surface area contributed by atoms with Gasteiger partial charge in [-0.25, -0.2) is 0 Å². The van der Waals surface area contributed by atoms with Gasteiger partial charge in [0, 0.05) is 24.1 Å². The smallest absolute Gasteiger partial charge is 0.235 e. The largest absolute Gasteiger partial charge is 0.340 e. The van der Waals surface area contributed by atoms with Crippen molar-refractivity contribution in [2.45, 2.75) is 37.7 Å². The molecule has 1 amide bonds. The minimum atomic E-state index is -0.134. The summed E-state index contributed by atoms with van der Waals surface area (Å²) in [6.07, 6.45) is 1.15. The van der Waals surface area contributed by atoms with Gasteiger partial charge in [-0.05, 0) is 12.3 Å². The molecular formula is C11H21NOS2. The van der Waals surface area contributed by atoms with Gasteiger partial charge in [0.1, 0.15) is 0 Å². The van der Waals surface area contributed by atoms with Crippen molar-refractivity contribution < 1.29 is 4.79 Å². The second kappa shape index (κ2) is 6.04. The first kappa shape index (κ1) is 13.2. The first-order chi connectivity index (χ1) is 7.06. The Kier molecular flexibility index (Phi) is 5.33. The number of carbonyl (C=O) groups excluding carboxylic acids is 1. The summed E-state index contributed by atoms with van der Waals surface area (Å²) in [4.78, 5) is 14.0. The number of hydrogen-bond donors (Lipinski definition) is 1. The molecule has 1 saturated heterocycles. The topological polar surface area (TPSA) is 20.3 Å². The maximum atomic E-state index is 12.0. The summed E-state index contributed by atoms with van der Waals surface area (Å²) in [5.74, 6) is 1.60. The number of thioether (sulfide) groups is 1. The summed E-state index contributed by atoms with van der Waals surface area (Å²) in [6.45, 7) is 8.08. The van der Waals surface area contributed by atoms with Crippen molar-refractivity contribution in [3.05, 3.63) is 0 Å². The van der Waals surface area contributed by atoms with Gasteiger partial charge in [-0.3, -0.25) is 4.79 Å². The highest BCUT2D eigenvalue weighted by atomic mass is 32.2. The van der Waals surface area contributed by atoms with E-state index < -0.39 is 0 Å². The molecule has 0 saturated carbocycles.